The molecule has 4 aliphatic rings. The first-order chi connectivity index (χ1) is 7.86. The molecule has 0 spiro atoms. The largest absolute Gasteiger partial charge is 0.179 e. The van der Waals surface area contributed by atoms with Crippen molar-refractivity contribution >= 4 is 12.6 Å². The summed E-state index contributed by atoms with van der Waals surface area (Å²) in [6.45, 7) is 0. The lowest BCUT2D eigenvalue weighted by molar-refractivity contribution is 0.0106. The Hall–Kier alpha value is 0.350. The topological polar surface area (TPSA) is 0 Å². The Morgan fingerprint density at radius 3 is 2.12 bits per heavy atom. The zero-order valence-corrected chi connectivity index (χ0v) is 11.1. The zero-order chi connectivity index (χ0) is 10.8. The summed E-state index contributed by atoms with van der Waals surface area (Å²) in [4.78, 5) is 0. The van der Waals surface area contributed by atoms with Crippen molar-refractivity contribution in [1.29, 1.82) is 0 Å². The number of fused-ring (bicyclic) bond motifs is 9. The summed E-state index contributed by atoms with van der Waals surface area (Å²) in [6.07, 6.45) is 12.5. The normalized spacial score (nSPS) is 57.2. The third-order valence-corrected chi connectivity index (χ3v) is 7.19. The maximum Gasteiger partial charge on any atom is -0.00977 e. The first-order valence-electron chi connectivity index (χ1n) is 7.47. The van der Waals surface area contributed by atoms with Gasteiger partial charge in [-0.15, -0.1) is 0 Å². The van der Waals surface area contributed by atoms with Gasteiger partial charge in [0.25, 0.3) is 0 Å². The highest BCUT2D eigenvalue weighted by molar-refractivity contribution is 7.80. The van der Waals surface area contributed by atoms with E-state index in [2.05, 4.69) is 12.6 Å². The van der Waals surface area contributed by atoms with E-state index in [1.807, 2.05) is 0 Å². The standard InChI is InChI=1S/C15H24S/c16-7-1-6-15-12-4-2-10(8-12)14(15)11-3-5-13(15)9-11/h10-14,16H,1-9H2. The quantitative estimate of drug-likeness (QED) is 0.552. The van der Waals surface area contributed by atoms with E-state index >= 15 is 0 Å². The average Bonchev–Trinajstić information content (AvgIpc) is 3.02. The highest BCUT2D eigenvalue weighted by Gasteiger charge is 2.67. The van der Waals surface area contributed by atoms with Gasteiger partial charge in [-0.1, -0.05) is 0 Å². The van der Waals surface area contributed by atoms with Crippen molar-refractivity contribution in [1.82, 2.24) is 0 Å². The van der Waals surface area contributed by atoms with E-state index < -0.39 is 0 Å². The molecule has 0 aromatic heterocycles. The van der Waals surface area contributed by atoms with Crippen molar-refractivity contribution in [3.05, 3.63) is 0 Å². The van der Waals surface area contributed by atoms with E-state index in [1.165, 1.54) is 18.8 Å². The minimum Gasteiger partial charge on any atom is -0.179 e. The molecule has 4 fully saturated rings. The molecule has 90 valence electrons. The van der Waals surface area contributed by atoms with Gasteiger partial charge in [0.15, 0.2) is 0 Å². The van der Waals surface area contributed by atoms with Gasteiger partial charge >= 0.3 is 0 Å². The number of hydrogen-bond donors (Lipinski definition) is 1. The van der Waals surface area contributed by atoms with Crippen LogP contribution in [-0.2, 0) is 0 Å². The molecule has 4 rings (SSSR count). The Bertz CT molecular complexity index is 276. The summed E-state index contributed by atoms with van der Waals surface area (Å²) in [7, 11) is 0. The van der Waals surface area contributed by atoms with Crippen LogP contribution in [0.4, 0.5) is 0 Å². The van der Waals surface area contributed by atoms with Crippen molar-refractivity contribution in [3.63, 3.8) is 0 Å². The van der Waals surface area contributed by atoms with Crippen molar-refractivity contribution in [2.45, 2.75) is 51.4 Å². The SMILES string of the molecule is SCCCC12C3CCC(C3)C1C1CCC2C1. The number of hydrogen-bond acceptors (Lipinski definition) is 1. The zero-order valence-electron chi connectivity index (χ0n) is 10.2. The number of rotatable bonds is 3. The lowest BCUT2D eigenvalue weighted by Gasteiger charge is -2.47. The van der Waals surface area contributed by atoms with Crippen LogP contribution in [0.25, 0.3) is 0 Å². The van der Waals surface area contributed by atoms with Crippen LogP contribution in [0.1, 0.15) is 51.4 Å². The lowest BCUT2D eigenvalue weighted by Crippen LogP contribution is -2.41. The second-order valence-electron chi connectivity index (χ2n) is 7.01. The predicted molar refractivity (Wildman–Crippen MR) is 70.7 cm³/mol. The van der Waals surface area contributed by atoms with Crippen LogP contribution < -0.4 is 0 Å². The second-order valence-corrected chi connectivity index (χ2v) is 7.45. The van der Waals surface area contributed by atoms with E-state index in [1.54, 1.807) is 38.5 Å². The van der Waals surface area contributed by atoms with E-state index in [-0.39, 0.29) is 0 Å². The Kier molecular flexibility index (Phi) is 2.21. The fraction of sp³-hybridized carbons (Fsp3) is 1.00. The van der Waals surface area contributed by atoms with Crippen LogP contribution in [-0.4, -0.2) is 5.75 Å². The van der Waals surface area contributed by atoms with Gasteiger partial charge < -0.3 is 0 Å². The molecule has 0 N–H and O–H groups in total. The van der Waals surface area contributed by atoms with Crippen LogP contribution in [0.3, 0.4) is 0 Å². The Balaban J connectivity index is 1.70. The summed E-state index contributed by atoms with van der Waals surface area (Å²) >= 11 is 4.46. The number of thiol groups is 1. The molecule has 4 atom stereocenters. The lowest BCUT2D eigenvalue weighted by atomic mass is 9.57. The Labute approximate surface area is 105 Å². The van der Waals surface area contributed by atoms with E-state index in [0.717, 1.165) is 34.8 Å². The average molecular weight is 236 g/mol. The summed E-state index contributed by atoms with van der Waals surface area (Å²) in [5.41, 5.74) is 0.842. The maximum atomic E-state index is 4.46. The molecule has 0 amide bonds. The Morgan fingerprint density at radius 2 is 1.56 bits per heavy atom. The third-order valence-electron chi connectivity index (χ3n) is 6.87. The third kappa shape index (κ3) is 1.05. The molecule has 4 aliphatic carbocycles. The fourth-order valence-corrected chi connectivity index (χ4v) is 6.92. The van der Waals surface area contributed by atoms with Crippen molar-refractivity contribution in [2.24, 2.45) is 35.0 Å². The molecule has 1 heteroatoms. The van der Waals surface area contributed by atoms with E-state index in [4.69, 9.17) is 0 Å². The molecule has 4 unspecified atom stereocenters. The van der Waals surface area contributed by atoms with Crippen molar-refractivity contribution < 1.29 is 0 Å². The highest BCUT2D eigenvalue weighted by atomic mass is 32.1. The summed E-state index contributed by atoms with van der Waals surface area (Å²) in [5, 5.41) is 0. The molecule has 0 aromatic carbocycles. The van der Waals surface area contributed by atoms with Crippen LogP contribution >= 0.6 is 12.6 Å². The van der Waals surface area contributed by atoms with Gasteiger partial charge in [0.1, 0.15) is 0 Å². The second kappa shape index (κ2) is 3.43. The van der Waals surface area contributed by atoms with Gasteiger partial charge in [0.2, 0.25) is 0 Å². The van der Waals surface area contributed by atoms with Gasteiger partial charge in [0.05, 0.1) is 0 Å². The van der Waals surface area contributed by atoms with Crippen molar-refractivity contribution in [2.75, 3.05) is 5.75 Å². The molecule has 4 bridgehead atoms. The van der Waals surface area contributed by atoms with E-state index in [0.29, 0.717) is 0 Å². The van der Waals surface area contributed by atoms with Gasteiger partial charge in [-0.2, -0.15) is 12.6 Å². The molecule has 0 nitrogen and oxygen atoms in total. The first kappa shape index (κ1) is 10.3. The minimum absolute atomic E-state index is 0.842. The predicted octanol–water partition coefficient (Wildman–Crippen LogP) is 4.16. The summed E-state index contributed by atoms with van der Waals surface area (Å²) in [5.74, 6) is 6.86. The van der Waals surface area contributed by atoms with Crippen LogP contribution in [0.2, 0.25) is 0 Å². The van der Waals surface area contributed by atoms with Gasteiger partial charge in [-0.3, -0.25) is 0 Å². The van der Waals surface area contributed by atoms with Crippen LogP contribution in [0.15, 0.2) is 0 Å². The minimum atomic E-state index is 0.842. The van der Waals surface area contributed by atoms with Gasteiger partial charge in [-0.05, 0) is 92.1 Å². The summed E-state index contributed by atoms with van der Waals surface area (Å²) < 4.78 is 0. The molecule has 4 saturated carbocycles. The van der Waals surface area contributed by atoms with Crippen LogP contribution in [0, 0.1) is 35.0 Å². The molecule has 0 saturated heterocycles. The smallest absolute Gasteiger partial charge is 0.00977 e. The van der Waals surface area contributed by atoms with Crippen LogP contribution in [0.5, 0.6) is 0 Å². The molecule has 16 heavy (non-hydrogen) atoms. The Morgan fingerprint density at radius 1 is 0.938 bits per heavy atom. The monoisotopic (exact) mass is 236 g/mol. The first-order valence-corrected chi connectivity index (χ1v) is 8.10. The molecular weight excluding hydrogens is 212 g/mol. The molecule has 0 aromatic rings. The molecular formula is C15H24S. The highest BCUT2D eigenvalue weighted by Crippen LogP contribution is 2.75. The van der Waals surface area contributed by atoms with Gasteiger partial charge in [-0.25, -0.2) is 0 Å². The van der Waals surface area contributed by atoms with E-state index in [9.17, 15) is 0 Å². The molecule has 0 heterocycles. The summed E-state index contributed by atoms with van der Waals surface area (Å²) in [6, 6.07) is 0. The maximum absolute atomic E-state index is 4.46. The van der Waals surface area contributed by atoms with Gasteiger partial charge in [0, 0.05) is 0 Å². The molecule has 0 aliphatic heterocycles. The molecule has 0 radical (unpaired) electrons. The van der Waals surface area contributed by atoms with Crippen molar-refractivity contribution in [3.8, 4) is 0 Å². The fourth-order valence-electron chi connectivity index (χ4n) is 6.76.